The molecule has 0 aliphatic rings. The molecular formula is C13H21NO. The van der Waals surface area contributed by atoms with Gasteiger partial charge in [-0.3, -0.25) is 0 Å². The van der Waals surface area contributed by atoms with E-state index in [1.165, 1.54) is 18.5 Å². The van der Waals surface area contributed by atoms with Gasteiger partial charge in [-0.1, -0.05) is 25.5 Å². The topological polar surface area (TPSA) is 23.5 Å². The van der Waals surface area contributed by atoms with Crippen molar-refractivity contribution in [1.82, 2.24) is 0 Å². The van der Waals surface area contributed by atoms with Crippen LogP contribution in [0.1, 0.15) is 38.4 Å². The van der Waals surface area contributed by atoms with Gasteiger partial charge in [0.15, 0.2) is 0 Å². The SMILES string of the molecule is CCCCN(C)c1ccc(C(C)O)cc1. The van der Waals surface area contributed by atoms with Crippen LogP contribution < -0.4 is 4.90 Å². The average molecular weight is 207 g/mol. The molecule has 0 spiro atoms. The van der Waals surface area contributed by atoms with Crippen LogP contribution in [0, 0.1) is 0 Å². The third kappa shape index (κ3) is 3.56. The molecule has 0 radical (unpaired) electrons. The van der Waals surface area contributed by atoms with Crippen molar-refractivity contribution in [3.63, 3.8) is 0 Å². The number of aliphatic hydroxyl groups is 1. The van der Waals surface area contributed by atoms with E-state index in [1.807, 2.05) is 12.1 Å². The van der Waals surface area contributed by atoms with Crippen molar-refractivity contribution in [3.8, 4) is 0 Å². The molecule has 0 heterocycles. The lowest BCUT2D eigenvalue weighted by atomic mass is 10.1. The van der Waals surface area contributed by atoms with E-state index in [4.69, 9.17) is 0 Å². The van der Waals surface area contributed by atoms with Crippen LogP contribution in [0.3, 0.4) is 0 Å². The number of rotatable bonds is 5. The second kappa shape index (κ2) is 5.76. The summed E-state index contributed by atoms with van der Waals surface area (Å²) in [4.78, 5) is 2.25. The monoisotopic (exact) mass is 207 g/mol. The van der Waals surface area contributed by atoms with Gasteiger partial charge in [-0.2, -0.15) is 0 Å². The van der Waals surface area contributed by atoms with E-state index in [9.17, 15) is 5.11 Å². The highest BCUT2D eigenvalue weighted by Crippen LogP contribution is 2.18. The summed E-state index contributed by atoms with van der Waals surface area (Å²) < 4.78 is 0. The van der Waals surface area contributed by atoms with E-state index in [0.29, 0.717) is 0 Å². The maximum Gasteiger partial charge on any atom is 0.0761 e. The first-order valence-electron chi connectivity index (χ1n) is 5.64. The molecule has 1 rings (SSSR count). The van der Waals surface area contributed by atoms with Gasteiger partial charge < -0.3 is 10.0 Å². The first-order valence-corrected chi connectivity index (χ1v) is 5.64. The minimum atomic E-state index is -0.375. The van der Waals surface area contributed by atoms with Crippen LogP contribution in [0.15, 0.2) is 24.3 Å². The van der Waals surface area contributed by atoms with Crippen LogP contribution >= 0.6 is 0 Å². The van der Waals surface area contributed by atoms with Crippen LogP contribution in [0.4, 0.5) is 5.69 Å². The van der Waals surface area contributed by atoms with Gasteiger partial charge in [0.05, 0.1) is 6.10 Å². The molecule has 0 saturated carbocycles. The van der Waals surface area contributed by atoms with Crippen LogP contribution in [-0.2, 0) is 0 Å². The predicted molar refractivity (Wildman–Crippen MR) is 65.3 cm³/mol. The third-order valence-electron chi connectivity index (χ3n) is 2.66. The number of anilines is 1. The Morgan fingerprint density at radius 1 is 1.27 bits per heavy atom. The van der Waals surface area contributed by atoms with Crippen LogP contribution in [0.2, 0.25) is 0 Å². The summed E-state index contributed by atoms with van der Waals surface area (Å²) in [5, 5.41) is 9.38. The van der Waals surface area contributed by atoms with Crippen LogP contribution in [0.25, 0.3) is 0 Å². The Morgan fingerprint density at radius 2 is 1.87 bits per heavy atom. The van der Waals surface area contributed by atoms with E-state index in [1.54, 1.807) is 6.92 Å². The Kier molecular flexibility index (Phi) is 4.63. The first kappa shape index (κ1) is 12.1. The van der Waals surface area contributed by atoms with Crippen LogP contribution in [-0.4, -0.2) is 18.7 Å². The van der Waals surface area contributed by atoms with Gasteiger partial charge in [0.1, 0.15) is 0 Å². The van der Waals surface area contributed by atoms with Crippen LogP contribution in [0.5, 0.6) is 0 Å². The van der Waals surface area contributed by atoms with Gasteiger partial charge in [0.25, 0.3) is 0 Å². The van der Waals surface area contributed by atoms with Crippen molar-refractivity contribution in [2.24, 2.45) is 0 Å². The maximum absolute atomic E-state index is 9.38. The summed E-state index contributed by atoms with van der Waals surface area (Å²) in [6.45, 7) is 5.07. The number of aliphatic hydroxyl groups excluding tert-OH is 1. The van der Waals surface area contributed by atoms with Crippen molar-refractivity contribution in [3.05, 3.63) is 29.8 Å². The molecule has 0 aliphatic carbocycles. The number of unbranched alkanes of at least 4 members (excludes halogenated alkanes) is 1. The van der Waals surface area contributed by atoms with Crippen molar-refractivity contribution in [2.75, 3.05) is 18.5 Å². The predicted octanol–water partition coefficient (Wildman–Crippen LogP) is 2.98. The van der Waals surface area contributed by atoms with Crippen molar-refractivity contribution in [2.45, 2.75) is 32.8 Å². The van der Waals surface area contributed by atoms with E-state index in [0.717, 1.165) is 12.1 Å². The summed E-state index contributed by atoms with van der Waals surface area (Å²) in [5.74, 6) is 0. The molecule has 1 aromatic carbocycles. The largest absolute Gasteiger partial charge is 0.389 e. The summed E-state index contributed by atoms with van der Waals surface area (Å²) in [7, 11) is 2.10. The Bertz CT molecular complexity index is 279. The average Bonchev–Trinajstić information content (AvgIpc) is 2.26. The second-order valence-electron chi connectivity index (χ2n) is 4.04. The maximum atomic E-state index is 9.38. The third-order valence-corrected chi connectivity index (χ3v) is 2.66. The zero-order valence-corrected chi connectivity index (χ0v) is 9.90. The summed E-state index contributed by atoms with van der Waals surface area (Å²) in [6.07, 6.45) is 2.06. The molecule has 0 bridgehead atoms. The lowest BCUT2D eigenvalue weighted by Crippen LogP contribution is -2.18. The second-order valence-corrected chi connectivity index (χ2v) is 4.04. The fraction of sp³-hybridized carbons (Fsp3) is 0.538. The highest BCUT2D eigenvalue weighted by Gasteiger charge is 2.02. The van der Waals surface area contributed by atoms with Gasteiger partial charge in [0.2, 0.25) is 0 Å². The molecule has 0 aliphatic heterocycles. The Morgan fingerprint density at radius 3 is 2.33 bits per heavy atom. The number of nitrogens with zero attached hydrogens (tertiary/aromatic N) is 1. The molecule has 0 fully saturated rings. The molecule has 1 atom stereocenters. The van der Waals surface area contributed by atoms with Gasteiger partial charge in [-0.25, -0.2) is 0 Å². The molecule has 0 amide bonds. The van der Waals surface area contributed by atoms with Gasteiger partial charge in [-0.15, -0.1) is 0 Å². The molecule has 84 valence electrons. The molecular weight excluding hydrogens is 186 g/mol. The van der Waals surface area contributed by atoms with Crippen molar-refractivity contribution < 1.29 is 5.11 Å². The molecule has 15 heavy (non-hydrogen) atoms. The van der Waals surface area contributed by atoms with Crippen molar-refractivity contribution in [1.29, 1.82) is 0 Å². The normalized spacial score (nSPS) is 12.5. The molecule has 1 aromatic rings. The molecule has 1 unspecified atom stereocenters. The Labute approximate surface area is 92.5 Å². The van der Waals surface area contributed by atoms with E-state index in [-0.39, 0.29) is 6.10 Å². The fourth-order valence-electron chi connectivity index (χ4n) is 1.53. The Balaban J connectivity index is 2.62. The van der Waals surface area contributed by atoms with E-state index in [2.05, 4.69) is 31.0 Å². The number of hydrogen-bond acceptors (Lipinski definition) is 2. The smallest absolute Gasteiger partial charge is 0.0761 e. The van der Waals surface area contributed by atoms with Gasteiger partial charge in [0, 0.05) is 19.3 Å². The summed E-state index contributed by atoms with van der Waals surface area (Å²) >= 11 is 0. The highest BCUT2D eigenvalue weighted by molar-refractivity contribution is 5.47. The van der Waals surface area contributed by atoms with Gasteiger partial charge >= 0.3 is 0 Å². The Hall–Kier alpha value is -1.02. The molecule has 2 heteroatoms. The lowest BCUT2D eigenvalue weighted by molar-refractivity contribution is 0.199. The van der Waals surface area contributed by atoms with E-state index >= 15 is 0 Å². The lowest BCUT2D eigenvalue weighted by Gasteiger charge is -2.19. The summed E-state index contributed by atoms with van der Waals surface area (Å²) in [6, 6.07) is 8.11. The van der Waals surface area contributed by atoms with Crippen molar-refractivity contribution >= 4 is 5.69 Å². The zero-order valence-electron chi connectivity index (χ0n) is 9.90. The minimum absolute atomic E-state index is 0.375. The molecule has 1 N–H and O–H groups in total. The van der Waals surface area contributed by atoms with E-state index < -0.39 is 0 Å². The molecule has 0 aromatic heterocycles. The molecule has 0 saturated heterocycles. The number of hydrogen-bond donors (Lipinski definition) is 1. The minimum Gasteiger partial charge on any atom is -0.389 e. The fourth-order valence-corrected chi connectivity index (χ4v) is 1.53. The summed E-state index contributed by atoms with van der Waals surface area (Å²) in [5.41, 5.74) is 2.19. The highest BCUT2D eigenvalue weighted by atomic mass is 16.3. The first-order chi connectivity index (χ1) is 7.15. The van der Waals surface area contributed by atoms with Gasteiger partial charge in [-0.05, 0) is 31.0 Å². The quantitative estimate of drug-likeness (QED) is 0.802. The zero-order chi connectivity index (χ0) is 11.3. The molecule has 2 nitrogen and oxygen atoms in total. The standard InChI is InChI=1S/C13H21NO/c1-4-5-10-14(3)13-8-6-12(7-9-13)11(2)15/h6-9,11,15H,4-5,10H2,1-3H3. The number of benzene rings is 1.